The van der Waals surface area contributed by atoms with E-state index in [1.54, 1.807) is 17.7 Å². The quantitative estimate of drug-likeness (QED) is 0.348. The number of thiazole rings is 1. The van der Waals surface area contributed by atoms with Gasteiger partial charge in [0, 0.05) is 37.6 Å². The van der Waals surface area contributed by atoms with Gasteiger partial charge in [0.1, 0.15) is 16.1 Å². The van der Waals surface area contributed by atoms with Crippen LogP contribution < -0.4 is 15.1 Å². The Labute approximate surface area is 204 Å². The van der Waals surface area contributed by atoms with Gasteiger partial charge in [0.2, 0.25) is 5.91 Å². The Kier molecular flexibility index (Phi) is 7.70. The molecule has 7 nitrogen and oxygen atoms in total. The van der Waals surface area contributed by atoms with Gasteiger partial charge in [-0.15, -0.1) is 0 Å². The minimum atomic E-state index is -0.0416. The highest BCUT2D eigenvalue weighted by Gasteiger charge is 2.21. The molecule has 1 aliphatic heterocycles. The average molecular weight is 485 g/mol. The lowest BCUT2D eigenvalue weighted by Crippen LogP contribution is -2.34. The molecule has 1 fully saturated rings. The number of carbonyl (C=O) groups excluding carboxylic acids is 1. The highest BCUT2D eigenvalue weighted by Crippen LogP contribution is 2.35. The van der Waals surface area contributed by atoms with Crippen LogP contribution in [0.2, 0.25) is 0 Å². The predicted octanol–water partition coefficient (Wildman–Crippen LogP) is 5.21. The van der Waals surface area contributed by atoms with E-state index in [2.05, 4.69) is 58.0 Å². The molecule has 1 aliphatic rings. The largest absolute Gasteiger partial charge is 0.372 e. The van der Waals surface area contributed by atoms with Crippen LogP contribution in [0.5, 0.6) is 0 Å². The molecule has 0 bridgehead atoms. The van der Waals surface area contributed by atoms with Crippen molar-refractivity contribution in [3.05, 3.63) is 30.1 Å². The number of hydrogen-bond acceptors (Lipinski definition) is 8. The number of aromatic nitrogens is 3. The maximum atomic E-state index is 12.7. The molecule has 176 valence electrons. The van der Waals surface area contributed by atoms with Crippen molar-refractivity contribution in [2.24, 2.45) is 5.92 Å². The Morgan fingerprint density at radius 1 is 1.30 bits per heavy atom. The normalized spacial score (nSPS) is 16.2. The first-order valence-electron chi connectivity index (χ1n) is 11.6. The van der Waals surface area contributed by atoms with E-state index in [0.29, 0.717) is 11.6 Å². The molecule has 0 aliphatic carbocycles. The van der Waals surface area contributed by atoms with Crippen LogP contribution in [0, 0.1) is 12.8 Å². The van der Waals surface area contributed by atoms with E-state index in [9.17, 15) is 4.79 Å². The maximum absolute atomic E-state index is 12.7. The molecular formula is C24H32N6OS2. The number of benzene rings is 1. The van der Waals surface area contributed by atoms with Gasteiger partial charge >= 0.3 is 0 Å². The van der Waals surface area contributed by atoms with Crippen LogP contribution >= 0.6 is 23.1 Å². The molecule has 1 aromatic carbocycles. The molecule has 1 saturated heterocycles. The van der Waals surface area contributed by atoms with Crippen molar-refractivity contribution in [2.75, 3.05) is 47.0 Å². The van der Waals surface area contributed by atoms with Crippen LogP contribution in [0.25, 0.3) is 10.3 Å². The second-order valence-electron chi connectivity index (χ2n) is 8.53. The monoisotopic (exact) mass is 484 g/mol. The Hall–Kier alpha value is -2.39. The number of carbonyl (C=O) groups is 1. The van der Waals surface area contributed by atoms with Crippen LogP contribution in [0.15, 0.2) is 29.6 Å². The topological polar surface area (TPSA) is 74.2 Å². The van der Waals surface area contributed by atoms with Crippen molar-refractivity contribution >= 4 is 55.9 Å². The lowest BCUT2D eigenvalue weighted by Gasteiger charge is -2.30. The average Bonchev–Trinajstić information content (AvgIpc) is 3.25. The second-order valence-corrected chi connectivity index (χ2v) is 10.5. The van der Waals surface area contributed by atoms with Gasteiger partial charge in [0.25, 0.3) is 0 Å². The number of thioether (sulfide) groups is 1. The molecule has 0 spiro atoms. The molecular weight excluding hydrogens is 452 g/mol. The SMILES string of the molecule is CCN(CC)c1ccc(NC(=O)CSc2ncnc3nc(N4CCCC(C)C4)sc23)c(C)c1. The summed E-state index contributed by atoms with van der Waals surface area (Å²) in [4.78, 5) is 30.9. The minimum absolute atomic E-state index is 0.0416. The minimum Gasteiger partial charge on any atom is -0.372 e. The third kappa shape index (κ3) is 5.58. The molecule has 33 heavy (non-hydrogen) atoms. The Morgan fingerprint density at radius 2 is 2.12 bits per heavy atom. The molecule has 0 radical (unpaired) electrons. The summed E-state index contributed by atoms with van der Waals surface area (Å²) in [6.45, 7) is 12.6. The van der Waals surface area contributed by atoms with Crippen LogP contribution in [0.4, 0.5) is 16.5 Å². The first-order chi connectivity index (χ1) is 16.0. The molecule has 1 atom stereocenters. The Balaban J connectivity index is 1.41. The van der Waals surface area contributed by atoms with Gasteiger partial charge < -0.3 is 15.1 Å². The van der Waals surface area contributed by atoms with Gasteiger partial charge in [-0.05, 0) is 63.3 Å². The summed E-state index contributed by atoms with van der Waals surface area (Å²) in [5.74, 6) is 0.927. The summed E-state index contributed by atoms with van der Waals surface area (Å²) in [5.41, 5.74) is 3.81. The van der Waals surface area contributed by atoms with E-state index in [0.717, 1.165) is 52.3 Å². The molecule has 1 amide bonds. The number of hydrogen-bond donors (Lipinski definition) is 1. The number of nitrogens with zero attached hydrogens (tertiary/aromatic N) is 5. The van der Waals surface area contributed by atoms with Crippen molar-refractivity contribution < 1.29 is 4.79 Å². The number of fused-ring (bicyclic) bond motifs is 1. The standard InChI is InChI=1S/C24H32N6OS2/c1-5-29(6-2)18-9-10-19(17(4)12-18)27-20(31)14-32-23-21-22(25-15-26-23)28-24(33-21)30-11-7-8-16(3)13-30/h9-10,12,15-16H,5-8,11,13-14H2,1-4H3,(H,27,31). The van der Waals surface area contributed by atoms with Crippen molar-refractivity contribution in [2.45, 2.75) is 45.6 Å². The zero-order valence-electron chi connectivity index (χ0n) is 19.8. The van der Waals surface area contributed by atoms with Gasteiger partial charge in [0.15, 0.2) is 10.8 Å². The van der Waals surface area contributed by atoms with E-state index in [-0.39, 0.29) is 11.7 Å². The molecule has 3 aromatic rings. The van der Waals surface area contributed by atoms with Gasteiger partial charge in [-0.1, -0.05) is 30.0 Å². The molecule has 9 heteroatoms. The lowest BCUT2D eigenvalue weighted by atomic mass is 10.0. The van der Waals surface area contributed by atoms with Crippen molar-refractivity contribution in [1.29, 1.82) is 0 Å². The smallest absolute Gasteiger partial charge is 0.234 e. The van der Waals surface area contributed by atoms with Crippen LogP contribution in [-0.2, 0) is 4.79 Å². The van der Waals surface area contributed by atoms with Crippen molar-refractivity contribution in [1.82, 2.24) is 15.0 Å². The number of aryl methyl sites for hydroxylation is 1. The maximum Gasteiger partial charge on any atom is 0.234 e. The van der Waals surface area contributed by atoms with E-state index in [1.807, 2.05) is 13.0 Å². The Morgan fingerprint density at radius 3 is 2.85 bits per heavy atom. The zero-order chi connectivity index (χ0) is 23.4. The van der Waals surface area contributed by atoms with Gasteiger partial charge in [-0.3, -0.25) is 4.79 Å². The summed E-state index contributed by atoms with van der Waals surface area (Å²) in [6, 6.07) is 6.19. The molecule has 2 aromatic heterocycles. The van der Waals surface area contributed by atoms with E-state index < -0.39 is 0 Å². The lowest BCUT2D eigenvalue weighted by molar-refractivity contribution is -0.113. The van der Waals surface area contributed by atoms with Crippen LogP contribution in [-0.4, -0.2) is 52.8 Å². The fourth-order valence-corrected chi connectivity index (χ4v) is 6.14. The Bertz CT molecular complexity index is 1110. The highest BCUT2D eigenvalue weighted by atomic mass is 32.2. The van der Waals surface area contributed by atoms with Gasteiger partial charge in [-0.25, -0.2) is 9.97 Å². The fraction of sp³-hybridized carbons (Fsp3) is 0.500. The van der Waals surface area contributed by atoms with E-state index in [4.69, 9.17) is 4.98 Å². The third-order valence-corrected chi connectivity index (χ3v) is 8.26. The van der Waals surface area contributed by atoms with Crippen molar-refractivity contribution in [3.8, 4) is 0 Å². The molecule has 4 rings (SSSR count). The molecule has 3 heterocycles. The molecule has 1 N–H and O–H groups in total. The third-order valence-electron chi connectivity index (χ3n) is 6.03. The predicted molar refractivity (Wildman–Crippen MR) is 140 cm³/mol. The van der Waals surface area contributed by atoms with Crippen LogP contribution in [0.1, 0.15) is 39.2 Å². The summed E-state index contributed by atoms with van der Waals surface area (Å²) < 4.78 is 0.961. The fourth-order valence-electron chi connectivity index (χ4n) is 4.22. The number of amides is 1. The number of nitrogens with one attached hydrogen (secondary N) is 1. The summed E-state index contributed by atoms with van der Waals surface area (Å²) in [7, 11) is 0. The number of rotatable bonds is 8. The van der Waals surface area contributed by atoms with E-state index in [1.165, 1.54) is 30.3 Å². The summed E-state index contributed by atoms with van der Waals surface area (Å²) in [6.07, 6.45) is 4.01. The summed E-state index contributed by atoms with van der Waals surface area (Å²) >= 11 is 3.07. The molecule has 1 unspecified atom stereocenters. The van der Waals surface area contributed by atoms with Gasteiger partial charge in [0.05, 0.1) is 5.75 Å². The van der Waals surface area contributed by atoms with Crippen LogP contribution in [0.3, 0.4) is 0 Å². The first-order valence-corrected chi connectivity index (χ1v) is 13.4. The first kappa shape index (κ1) is 23.8. The van der Waals surface area contributed by atoms with Crippen molar-refractivity contribution in [3.63, 3.8) is 0 Å². The highest BCUT2D eigenvalue weighted by molar-refractivity contribution is 8.00. The van der Waals surface area contributed by atoms with E-state index >= 15 is 0 Å². The summed E-state index contributed by atoms with van der Waals surface area (Å²) in [5, 5.41) is 4.87. The second kappa shape index (κ2) is 10.7. The molecule has 0 saturated carbocycles. The number of anilines is 3. The number of piperidine rings is 1. The zero-order valence-corrected chi connectivity index (χ0v) is 21.4. The van der Waals surface area contributed by atoms with Gasteiger partial charge in [-0.2, -0.15) is 4.98 Å².